The summed E-state index contributed by atoms with van der Waals surface area (Å²) in [6, 6.07) is 3.25. The van der Waals surface area contributed by atoms with Crippen LogP contribution in [0.4, 0.5) is 4.79 Å². The van der Waals surface area contributed by atoms with E-state index in [1.165, 1.54) is 32.3 Å². The van der Waals surface area contributed by atoms with Crippen molar-refractivity contribution in [1.29, 1.82) is 0 Å². The van der Waals surface area contributed by atoms with E-state index in [1.54, 1.807) is 0 Å². The van der Waals surface area contributed by atoms with Crippen molar-refractivity contribution in [3.8, 4) is 0 Å². The number of hydrogen-bond donors (Lipinski definition) is 2. The number of urea groups is 1. The second-order valence-corrected chi connectivity index (χ2v) is 7.83. The summed E-state index contributed by atoms with van der Waals surface area (Å²) < 4.78 is 31.4. The van der Waals surface area contributed by atoms with Gasteiger partial charge in [-0.2, -0.15) is 0 Å². The van der Waals surface area contributed by atoms with Crippen LogP contribution in [0, 0.1) is 0 Å². The van der Waals surface area contributed by atoms with Crippen LogP contribution in [-0.2, 0) is 21.4 Å². The van der Waals surface area contributed by atoms with Gasteiger partial charge in [0.05, 0.1) is 10.4 Å². The monoisotopic (exact) mass is 384 g/mol. The summed E-state index contributed by atoms with van der Waals surface area (Å²) in [5.74, 6) is -1.53. The number of fused-ring (bicyclic) bond motifs is 1. The van der Waals surface area contributed by atoms with Gasteiger partial charge in [-0.15, -0.1) is 0 Å². The third-order valence-electron chi connectivity index (χ3n) is 3.51. The molecule has 1 aromatic heterocycles. The zero-order chi connectivity index (χ0) is 19.5. The number of carbonyl (C=O) groups is 2. The fourth-order valence-electron chi connectivity index (χ4n) is 2.16. The molecule has 2 rings (SSSR count). The Morgan fingerprint density at radius 1 is 1.27 bits per heavy atom. The first-order chi connectivity index (χ1) is 12.2. The van der Waals surface area contributed by atoms with Crippen molar-refractivity contribution in [3.63, 3.8) is 0 Å². The highest BCUT2D eigenvalue weighted by Gasteiger charge is 2.20. The number of benzene rings is 1. The Morgan fingerprint density at radius 2 is 1.96 bits per heavy atom. The van der Waals surface area contributed by atoms with E-state index in [4.69, 9.17) is 4.42 Å². The van der Waals surface area contributed by atoms with Gasteiger partial charge in [0.25, 0.3) is 0 Å². The predicted molar refractivity (Wildman–Crippen MR) is 93.2 cm³/mol. The minimum Gasteiger partial charge on any atom is -0.408 e. The molecule has 0 atom stereocenters. The van der Waals surface area contributed by atoms with Gasteiger partial charge in [-0.25, -0.2) is 22.3 Å². The normalized spacial score (nSPS) is 11.7. The first-order valence-corrected chi connectivity index (χ1v) is 9.24. The molecule has 2 aromatic rings. The molecule has 0 spiro atoms. The first kappa shape index (κ1) is 19.7. The lowest BCUT2D eigenvalue weighted by atomic mass is 10.3. The summed E-state index contributed by atoms with van der Waals surface area (Å²) in [5.41, 5.74) is 0.276. The molecule has 0 aliphatic rings. The van der Waals surface area contributed by atoms with Gasteiger partial charge in [0.1, 0.15) is 6.54 Å². The van der Waals surface area contributed by atoms with Crippen LogP contribution in [0.2, 0.25) is 0 Å². The number of imide groups is 1. The number of sulfonamides is 1. The van der Waals surface area contributed by atoms with Crippen LogP contribution in [0.5, 0.6) is 0 Å². The number of nitrogens with zero attached hydrogens (tertiary/aromatic N) is 2. The highest BCUT2D eigenvalue weighted by molar-refractivity contribution is 7.89. The number of amides is 3. The Labute approximate surface area is 149 Å². The molecular formula is C15H20N4O6S. The van der Waals surface area contributed by atoms with Crippen molar-refractivity contribution in [3.05, 3.63) is 28.7 Å². The van der Waals surface area contributed by atoms with Gasteiger partial charge in [-0.3, -0.25) is 14.7 Å². The smallest absolute Gasteiger partial charge is 0.408 e. The Balaban J connectivity index is 2.27. The van der Waals surface area contributed by atoms with Gasteiger partial charge in [-0.1, -0.05) is 6.92 Å². The molecule has 0 fully saturated rings. The zero-order valence-corrected chi connectivity index (χ0v) is 15.4. The number of nitrogens with one attached hydrogen (secondary N) is 2. The number of oxazole rings is 1. The van der Waals surface area contributed by atoms with E-state index in [0.717, 1.165) is 8.87 Å². The second-order valence-electron chi connectivity index (χ2n) is 5.68. The molecule has 2 N–H and O–H groups in total. The molecule has 0 aliphatic carbocycles. The highest BCUT2D eigenvalue weighted by atomic mass is 32.2. The fourth-order valence-corrected chi connectivity index (χ4v) is 3.08. The van der Waals surface area contributed by atoms with E-state index in [0.29, 0.717) is 13.0 Å². The number of hydrogen-bond acceptors (Lipinski definition) is 6. The SMILES string of the molecule is CCCNC(=O)NC(=O)Cn1c(=O)oc2cc(S(=O)(=O)N(C)C)ccc21. The van der Waals surface area contributed by atoms with Crippen molar-refractivity contribution in [1.82, 2.24) is 19.5 Å². The summed E-state index contributed by atoms with van der Waals surface area (Å²) in [6.07, 6.45) is 0.714. The molecule has 0 radical (unpaired) electrons. The van der Waals surface area contributed by atoms with Crippen molar-refractivity contribution >= 4 is 33.1 Å². The van der Waals surface area contributed by atoms with Crippen molar-refractivity contribution in [2.75, 3.05) is 20.6 Å². The molecule has 0 saturated carbocycles. The first-order valence-electron chi connectivity index (χ1n) is 7.80. The summed E-state index contributed by atoms with van der Waals surface area (Å²) in [4.78, 5) is 35.3. The topological polar surface area (TPSA) is 131 Å². The van der Waals surface area contributed by atoms with Gasteiger partial charge >= 0.3 is 11.8 Å². The van der Waals surface area contributed by atoms with E-state index in [-0.39, 0.29) is 16.0 Å². The van der Waals surface area contributed by atoms with Crippen LogP contribution in [0.25, 0.3) is 11.1 Å². The molecule has 0 saturated heterocycles. The van der Waals surface area contributed by atoms with E-state index < -0.39 is 34.3 Å². The minimum absolute atomic E-state index is 0.0289. The Bertz CT molecular complexity index is 989. The van der Waals surface area contributed by atoms with Gasteiger partial charge in [-0.05, 0) is 18.6 Å². The van der Waals surface area contributed by atoms with E-state index in [9.17, 15) is 22.8 Å². The van der Waals surface area contributed by atoms with Gasteiger partial charge in [0.15, 0.2) is 5.58 Å². The van der Waals surface area contributed by atoms with Gasteiger partial charge in [0.2, 0.25) is 15.9 Å². The summed E-state index contributed by atoms with van der Waals surface area (Å²) in [5, 5.41) is 4.58. The van der Waals surface area contributed by atoms with Crippen LogP contribution in [-0.4, -0.2) is 49.9 Å². The molecule has 1 aromatic carbocycles. The van der Waals surface area contributed by atoms with Crippen LogP contribution in [0.3, 0.4) is 0 Å². The molecular weight excluding hydrogens is 364 g/mol. The minimum atomic E-state index is -3.69. The van der Waals surface area contributed by atoms with Gasteiger partial charge in [0, 0.05) is 26.7 Å². The summed E-state index contributed by atoms with van der Waals surface area (Å²) in [6.45, 7) is 1.84. The molecule has 26 heavy (non-hydrogen) atoms. The van der Waals surface area contributed by atoms with Crippen LogP contribution in [0.1, 0.15) is 13.3 Å². The lowest BCUT2D eigenvalue weighted by molar-refractivity contribution is -0.120. The number of aromatic nitrogens is 1. The van der Waals surface area contributed by atoms with Crippen molar-refractivity contribution in [2.24, 2.45) is 0 Å². The highest BCUT2D eigenvalue weighted by Crippen LogP contribution is 2.20. The fraction of sp³-hybridized carbons (Fsp3) is 0.400. The molecule has 0 aliphatic heterocycles. The lowest BCUT2D eigenvalue weighted by Gasteiger charge is -2.11. The maximum Gasteiger partial charge on any atom is 0.420 e. The molecule has 3 amide bonds. The van der Waals surface area contributed by atoms with Crippen molar-refractivity contribution in [2.45, 2.75) is 24.8 Å². The maximum atomic E-state index is 12.1. The molecule has 11 heteroatoms. The van der Waals surface area contributed by atoms with E-state index in [2.05, 4.69) is 10.6 Å². The average Bonchev–Trinajstić information content (AvgIpc) is 2.87. The van der Waals surface area contributed by atoms with E-state index >= 15 is 0 Å². The largest absolute Gasteiger partial charge is 0.420 e. The average molecular weight is 384 g/mol. The molecule has 1 heterocycles. The maximum absolute atomic E-state index is 12.1. The molecule has 10 nitrogen and oxygen atoms in total. The zero-order valence-electron chi connectivity index (χ0n) is 14.6. The Hall–Kier alpha value is -2.66. The number of carbonyl (C=O) groups excluding carboxylic acids is 2. The quantitative estimate of drug-likeness (QED) is 0.725. The Kier molecular flexibility index (Phi) is 5.83. The number of rotatable bonds is 6. The Morgan fingerprint density at radius 3 is 2.58 bits per heavy atom. The third kappa shape index (κ3) is 4.11. The molecule has 142 valence electrons. The van der Waals surface area contributed by atoms with Gasteiger partial charge < -0.3 is 9.73 Å². The van der Waals surface area contributed by atoms with Crippen LogP contribution in [0.15, 0.2) is 32.3 Å². The van der Waals surface area contributed by atoms with E-state index in [1.807, 2.05) is 6.92 Å². The van der Waals surface area contributed by atoms with Crippen LogP contribution < -0.4 is 16.4 Å². The predicted octanol–water partition coefficient (Wildman–Crippen LogP) is 0.0806. The second kappa shape index (κ2) is 7.70. The molecule has 0 unspecified atom stereocenters. The summed E-state index contributed by atoms with van der Waals surface area (Å²) in [7, 11) is -0.923. The third-order valence-corrected chi connectivity index (χ3v) is 5.32. The van der Waals surface area contributed by atoms with Crippen molar-refractivity contribution < 1.29 is 22.4 Å². The molecule has 0 bridgehead atoms. The summed E-state index contributed by atoms with van der Waals surface area (Å²) >= 11 is 0. The van der Waals surface area contributed by atoms with Crippen LogP contribution >= 0.6 is 0 Å². The lowest BCUT2D eigenvalue weighted by Crippen LogP contribution is -2.42. The standard InChI is InChI=1S/C15H20N4O6S/c1-4-7-16-14(21)17-13(20)9-19-11-6-5-10(26(23,24)18(2)3)8-12(11)25-15(19)22/h5-6,8H,4,7,9H2,1-3H3,(H2,16,17,20,21).